The molecule has 33 heavy (non-hydrogen) atoms. The Balaban J connectivity index is 1.30. The van der Waals surface area contributed by atoms with Gasteiger partial charge in [-0.1, -0.05) is 31.9 Å². The molecule has 178 valence electrons. The summed E-state index contributed by atoms with van der Waals surface area (Å²) >= 11 is 0. The van der Waals surface area contributed by atoms with Crippen molar-refractivity contribution in [1.82, 2.24) is 15.5 Å². The number of fused-ring (bicyclic) bond motifs is 1. The number of carbonyl (C=O) groups is 2. The molecule has 3 fully saturated rings. The van der Waals surface area contributed by atoms with E-state index in [1.807, 2.05) is 0 Å². The highest BCUT2D eigenvalue weighted by Gasteiger charge is 2.40. The fourth-order valence-electron chi connectivity index (χ4n) is 5.91. The summed E-state index contributed by atoms with van der Waals surface area (Å²) in [6.07, 6.45) is 9.89. The van der Waals surface area contributed by atoms with E-state index in [0.717, 1.165) is 12.8 Å². The van der Waals surface area contributed by atoms with Crippen LogP contribution in [0.25, 0.3) is 0 Å². The molecule has 0 bridgehead atoms. The maximum absolute atomic E-state index is 15.6. The third kappa shape index (κ3) is 4.58. The summed E-state index contributed by atoms with van der Waals surface area (Å²) in [6.45, 7) is 4.63. The van der Waals surface area contributed by atoms with Crippen molar-refractivity contribution in [2.45, 2.75) is 95.0 Å². The Kier molecular flexibility index (Phi) is 6.52. The average Bonchev–Trinajstić information content (AvgIpc) is 3.14. The second-order valence-corrected chi connectivity index (χ2v) is 10.0. The van der Waals surface area contributed by atoms with Crippen molar-refractivity contribution < 1.29 is 18.7 Å². The van der Waals surface area contributed by atoms with Gasteiger partial charge in [0.2, 0.25) is 5.91 Å². The number of hydrogen-bond acceptors (Lipinski definition) is 4. The molecule has 1 saturated carbocycles. The summed E-state index contributed by atoms with van der Waals surface area (Å²) in [4.78, 5) is 26.9. The Morgan fingerprint density at radius 3 is 2.73 bits per heavy atom. The summed E-state index contributed by atoms with van der Waals surface area (Å²) in [7, 11) is 0. The first-order valence-electron chi connectivity index (χ1n) is 12.5. The minimum Gasteiger partial charge on any atom is -0.376 e. The fourth-order valence-corrected chi connectivity index (χ4v) is 5.91. The van der Waals surface area contributed by atoms with E-state index >= 15 is 4.39 Å². The summed E-state index contributed by atoms with van der Waals surface area (Å²) < 4.78 is 21.7. The molecule has 2 saturated heterocycles. The summed E-state index contributed by atoms with van der Waals surface area (Å²) in [6, 6.07) is 3.63. The van der Waals surface area contributed by atoms with Gasteiger partial charge in [0.15, 0.2) is 0 Å². The molecule has 4 aliphatic rings. The zero-order chi connectivity index (χ0) is 22.9. The van der Waals surface area contributed by atoms with Crippen LogP contribution in [0.3, 0.4) is 0 Å². The zero-order valence-corrected chi connectivity index (χ0v) is 19.2. The van der Waals surface area contributed by atoms with E-state index in [1.165, 1.54) is 37.0 Å². The van der Waals surface area contributed by atoms with Gasteiger partial charge >= 0.3 is 0 Å². The number of amides is 2. The molecular weight excluding hydrogens is 421 g/mol. The van der Waals surface area contributed by atoms with E-state index in [-0.39, 0.29) is 36.3 Å². The molecule has 1 aromatic rings. The summed E-state index contributed by atoms with van der Waals surface area (Å²) in [5.41, 5.74) is 2.03. The van der Waals surface area contributed by atoms with Crippen molar-refractivity contribution in [3.63, 3.8) is 0 Å². The normalized spacial score (nSPS) is 28.7. The molecule has 0 aromatic heterocycles. The number of allylic oxidation sites excluding steroid dienone is 1. The smallest absolute Gasteiger partial charge is 0.255 e. The minimum atomic E-state index is -0.580. The van der Waals surface area contributed by atoms with Gasteiger partial charge in [-0.3, -0.25) is 9.59 Å². The highest BCUT2D eigenvalue weighted by Crippen LogP contribution is 2.32. The molecule has 3 atom stereocenters. The molecule has 2 N–H and O–H groups in total. The van der Waals surface area contributed by atoms with Crippen molar-refractivity contribution in [2.75, 3.05) is 6.61 Å². The summed E-state index contributed by atoms with van der Waals surface area (Å²) in [5, 5.41) is 6.53. The third-order valence-electron chi connectivity index (χ3n) is 7.76. The third-order valence-corrected chi connectivity index (χ3v) is 7.76. The van der Waals surface area contributed by atoms with Crippen LogP contribution in [0.15, 0.2) is 24.4 Å². The number of benzene rings is 1. The number of halogens is 1. The lowest BCUT2D eigenvalue weighted by molar-refractivity contribution is -0.126. The molecule has 0 radical (unpaired) electrons. The molecule has 1 aliphatic carbocycles. The SMILES string of the molecule is C=C1CCC(N2Cc3c(ccc(C[C@H]4OCCC[C@@H]4NC4CCCCC4)c3F)C2=O)C(=O)N1. The number of rotatable bonds is 5. The Labute approximate surface area is 194 Å². The Morgan fingerprint density at radius 2 is 1.94 bits per heavy atom. The molecule has 1 aromatic carbocycles. The van der Waals surface area contributed by atoms with Crippen LogP contribution >= 0.6 is 0 Å². The van der Waals surface area contributed by atoms with Gasteiger partial charge in [-0.25, -0.2) is 4.39 Å². The van der Waals surface area contributed by atoms with Crippen molar-refractivity contribution >= 4 is 11.8 Å². The first kappa shape index (κ1) is 22.5. The zero-order valence-electron chi connectivity index (χ0n) is 19.2. The second-order valence-electron chi connectivity index (χ2n) is 10.0. The van der Waals surface area contributed by atoms with Crippen molar-refractivity contribution in [2.24, 2.45) is 0 Å². The number of piperidine rings is 1. The van der Waals surface area contributed by atoms with Crippen molar-refractivity contribution in [1.29, 1.82) is 0 Å². The quantitative estimate of drug-likeness (QED) is 0.712. The second kappa shape index (κ2) is 9.55. The maximum Gasteiger partial charge on any atom is 0.255 e. The monoisotopic (exact) mass is 455 g/mol. The van der Waals surface area contributed by atoms with E-state index < -0.39 is 6.04 Å². The Morgan fingerprint density at radius 1 is 1.12 bits per heavy atom. The fraction of sp³-hybridized carbons (Fsp3) is 0.615. The summed E-state index contributed by atoms with van der Waals surface area (Å²) in [5.74, 6) is -0.830. The van der Waals surface area contributed by atoms with Gasteiger partial charge in [0.1, 0.15) is 11.9 Å². The molecule has 7 heteroatoms. The van der Waals surface area contributed by atoms with Crippen LogP contribution < -0.4 is 10.6 Å². The van der Waals surface area contributed by atoms with Gasteiger partial charge in [0, 0.05) is 41.9 Å². The number of carbonyl (C=O) groups excluding carboxylic acids is 2. The van der Waals surface area contributed by atoms with Crippen LogP contribution in [0.2, 0.25) is 0 Å². The van der Waals surface area contributed by atoms with E-state index in [9.17, 15) is 9.59 Å². The lowest BCUT2D eigenvalue weighted by Gasteiger charge is -2.36. The molecule has 5 rings (SSSR count). The molecule has 6 nitrogen and oxygen atoms in total. The van der Waals surface area contributed by atoms with Gasteiger partial charge in [-0.05, 0) is 50.2 Å². The number of hydrogen-bond donors (Lipinski definition) is 2. The predicted molar refractivity (Wildman–Crippen MR) is 123 cm³/mol. The molecule has 1 unspecified atom stereocenters. The van der Waals surface area contributed by atoms with E-state index in [0.29, 0.717) is 54.3 Å². The van der Waals surface area contributed by atoms with Crippen LogP contribution in [-0.2, 0) is 22.5 Å². The van der Waals surface area contributed by atoms with E-state index in [2.05, 4.69) is 17.2 Å². The lowest BCUT2D eigenvalue weighted by Crippen LogP contribution is -2.50. The van der Waals surface area contributed by atoms with Crippen LogP contribution in [0.5, 0.6) is 0 Å². The van der Waals surface area contributed by atoms with Gasteiger partial charge in [0.05, 0.1) is 12.6 Å². The predicted octanol–water partition coefficient (Wildman–Crippen LogP) is 3.59. The molecule has 0 spiro atoms. The van der Waals surface area contributed by atoms with Crippen LogP contribution in [0.4, 0.5) is 4.39 Å². The van der Waals surface area contributed by atoms with Crippen LogP contribution in [0.1, 0.15) is 79.3 Å². The first-order chi connectivity index (χ1) is 16.0. The van der Waals surface area contributed by atoms with Gasteiger partial charge in [0.25, 0.3) is 5.91 Å². The maximum atomic E-state index is 15.6. The molecular formula is C26H34FN3O3. The highest BCUT2D eigenvalue weighted by molar-refractivity contribution is 6.01. The first-order valence-corrected chi connectivity index (χ1v) is 12.5. The number of ether oxygens (including phenoxy) is 1. The topological polar surface area (TPSA) is 70.7 Å². The van der Waals surface area contributed by atoms with Crippen LogP contribution in [0, 0.1) is 5.82 Å². The largest absolute Gasteiger partial charge is 0.376 e. The lowest BCUT2D eigenvalue weighted by atomic mass is 9.90. The Hall–Kier alpha value is -2.25. The minimum absolute atomic E-state index is 0.0726. The number of nitrogens with zero attached hydrogens (tertiary/aromatic N) is 1. The van der Waals surface area contributed by atoms with Crippen molar-refractivity contribution in [3.8, 4) is 0 Å². The molecule has 2 amide bonds. The molecule has 3 aliphatic heterocycles. The Bertz CT molecular complexity index is 943. The van der Waals surface area contributed by atoms with Gasteiger partial charge in [-0.2, -0.15) is 0 Å². The number of nitrogens with one attached hydrogen (secondary N) is 2. The van der Waals surface area contributed by atoms with E-state index in [4.69, 9.17) is 4.74 Å². The average molecular weight is 456 g/mol. The molecule has 3 heterocycles. The highest BCUT2D eigenvalue weighted by atomic mass is 19.1. The van der Waals surface area contributed by atoms with Gasteiger partial charge < -0.3 is 20.3 Å². The van der Waals surface area contributed by atoms with Gasteiger partial charge in [-0.15, -0.1) is 0 Å². The van der Waals surface area contributed by atoms with Crippen molar-refractivity contribution in [3.05, 3.63) is 46.9 Å². The van der Waals surface area contributed by atoms with Crippen LogP contribution in [-0.4, -0.2) is 47.6 Å². The van der Waals surface area contributed by atoms with E-state index in [1.54, 1.807) is 12.1 Å². The standard InChI is InChI=1S/C26H34FN3O3/c1-16-9-12-22(25(31)28-16)30-15-20-19(26(30)32)11-10-17(24(20)27)14-23-21(8-5-13-33-23)29-18-6-3-2-4-7-18/h10-11,18,21-23,29H,1-9,12-15H2,(H,28,31)/t21-,22?,23+/m0/s1.